The van der Waals surface area contributed by atoms with Gasteiger partial charge in [-0.05, 0) is 30.4 Å². The second-order valence-electron chi connectivity index (χ2n) is 5.16. The van der Waals surface area contributed by atoms with Gasteiger partial charge in [0.1, 0.15) is 0 Å². The van der Waals surface area contributed by atoms with Crippen LogP contribution in [0.4, 0.5) is 0 Å². The van der Waals surface area contributed by atoms with Crippen LogP contribution in [0.3, 0.4) is 0 Å². The average molecular weight is 297 g/mol. The van der Waals surface area contributed by atoms with Gasteiger partial charge in [-0.15, -0.1) is 0 Å². The van der Waals surface area contributed by atoms with Crippen molar-refractivity contribution in [2.24, 2.45) is 16.8 Å². The molecule has 0 aromatic heterocycles. The van der Waals surface area contributed by atoms with Crippen molar-refractivity contribution in [2.45, 2.75) is 19.4 Å². The summed E-state index contributed by atoms with van der Waals surface area (Å²) in [6.07, 6.45) is 2.01. The number of sulfonamides is 1. The summed E-state index contributed by atoms with van der Waals surface area (Å²) in [6.45, 7) is 0.279. The van der Waals surface area contributed by atoms with Crippen LogP contribution in [-0.2, 0) is 16.6 Å². The van der Waals surface area contributed by atoms with E-state index in [2.05, 4.69) is 5.16 Å². The van der Waals surface area contributed by atoms with Crippen molar-refractivity contribution in [2.75, 3.05) is 12.8 Å². The quantitative estimate of drug-likeness (QED) is 0.354. The minimum absolute atomic E-state index is 0.00957. The largest absolute Gasteiger partial charge is 0.409 e. The van der Waals surface area contributed by atoms with Crippen LogP contribution in [0, 0.1) is 5.92 Å². The normalized spacial score (nSPS) is 16.6. The highest BCUT2D eigenvalue weighted by Gasteiger charge is 2.30. The van der Waals surface area contributed by atoms with Gasteiger partial charge >= 0.3 is 0 Å². The number of amidine groups is 1. The molecule has 0 atom stereocenters. The fourth-order valence-corrected chi connectivity index (χ4v) is 3.48. The fourth-order valence-electron chi connectivity index (χ4n) is 1.95. The SMILES string of the molecule is CN(Cc1cccc(C(N)=NO)c1)S(=O)(=O)CC1CC1. The molecule has 1 saturated carbocycles. The van der Waals surface area contributed by atoms with Crippen LogP contribution in [0.25, 0.3) is 0 Å². The maximum absolute atomic E-state index is 12.1. The second kappa shape index (κ2) is 5.80. The first kappa shape index (κ1) is 14.8. The van der Waals surface area contributed by atoms with E-state index in [0.717, 1.165) is 18.4 Å². The maximum atomic E-state index is 12.1. The van der Waals surface area contributed by atoms with Gasteiger partial charge in [-0.25, -0.2) is 12.7 Å². The minimum atomic E-state index is -3.21. The van der Waals surface area contributed by atoms with E-state index in [4.69, 9.17) is 10.9 Å². The molecule has 0 unspecified atom stereocenters. The molecule has 1 aliphatic rings. The lowest BCUT2D eigenvalue weighted by Gasteiger charge is -2.17. The number of nitrogens with two attached hydrogens (primary N) is 1. The summed E-state index contributed by atoms with van der Waals surface area (Å²) in [5.74, 6) is 0.560. The zero-order valence-electron chi connectivity index (χ0n) is 11.4. The van der Waals surface area contributed by atoms with Crippen LogP contribution in [0.15, 0.2) is 29.4 Å². The first-order valence-electron chi connectivity index (χ1n) is 6.43. The lowest BCUT2D eigenvalue weighted by Crippen LogP contribution is -2.29. The molecule has 1 aliphatic carbocycles. The summed E-state index contributed by atoms with van der Waals surface area (Å²) < 4.78 is 25.6. The molecule has 6 nitrogen and oxygen atoms in total. The van der Waals surface area contributed by atoms with Gasteiger partial charge in [0, 0.05) is 19.2 Å². The van der Waals surface area contributed by atoms with E-state index in [1.165, 1.54) is 4.31 Å². The van der Waals surface area contributed by atoms with E-state index in [1.807, 2.05) is 6.07 Å². The summed E-state index contributed by atoms with van der Waals surface area (Å²) in [7, 11) is -1.63. The van der Waals surface area contributed by atoms with E-state index in [0.29, 0.717) is 11.5 Å². The van der Waals surface area contributed by atoms with Gasteiger partial charge in [0.25, 0.3) is 0 Å². The summed E-state index contributed by atoms with van der Waals surface area (Å²) >= 11 is 0. The Morgan fingerprint density at radius 2 is 2.20 bits per heavy atom. The lowest BCUT2D eigenvalue weighted by atomic mass is 10.1. The highest BCUT2D eigenvalue weighted by atomic mass is 32.2. The fraction of sp³-hybridized carbons (Fsp3) is 0.462. The Morgan fingerprint density at radius 1 is 1.50 bits per heavy atom. The van der Waals surface area contributed by atoms with Crippen molar-refractivity contribution in [1.29, 1.82) is 0 Å². The number of oxime groups is 1. The van der Waals surface area contributed by atoms with Crippen molar-refractivity contribution in [1.82, 2.24) is 4.31 Å². The molecule has 0 saturated heterocycles. The van der Waals surface area contributed by atoms with E-state index in [1.54, 1.807) is 25.2 Å². The summed E-state index contributed by atoms with van der Waals surface area (Å²) in [4.78, 5) is 0. The maximum Gasteiger partial charge on any atom is 0.214 e. The second-order valence-corrected chi connectivity index (χ2v) is 7.28. The Hall–Kier alpha value is -1.60. The lowest BCUT2D eigenvalue weighted by molar-refractivity contribution is 0.318. The van der Waals surface area contributed by atoms with E-state index < -0.39 is 10.0 Å². The van der Waals surface area contributed by atoms with Gasteiger partial charge in [-0.1, -0.05) is 23.4 Å². The molecule has 3 N–H and O–H groups in total. The monoisotopic (exact) mass is 297 g/mol. The predicted molar refractivity (Wildman–Crippen MR) is 76.9 cm³/mol. The molecule has 0 bridgehead atoms. The van der Waals surface area contributed by atoms with Crippen molar-refractivity contribution >= 4 is 15.9 Å². The van der Waals surface area contributed by atoms with E-state index >= 15 is 0 Å². The Morgan fingerprint density at radius 3 is 2.80 bits per heavy atom. The summed E-state index contributed by atoms with van der Waals surface area (Å²) in [5.41, 5.74) is 6.89. The molecule has 0 aliphatic heterocycles. The van der Waals surface area contributed by atoms with Gasteiger partial charge in [-0.3, -0.25) is 0 Å². The Kier molecular flexibility index (Phi) is 4.29. The zero-order valence-corrected chi connectivity index (χ0v) is 12.2. The summed E-state index contributed by atoms with van der Waals surface area (Å²) in [5, 5.41) is 11.6. The van der Waals surface area contributed by atoms with Crippen LogP contribution in [0.2, 0.25) is 0 Å². The third-order valence-corrected chi connectivity index (χ3v) is 5.33. The van der Waals surface area contributed by atoms with Gasteiger partial charge < -0.3 is 10.9 Å². The molecule has 1 aromatic carbocycles. The van der Waals surface area contributed by atoms with Gasteiger partial charge in [0.2, 0.25) is 10.0 Å². The van der Waals surface area contributed by atoms with Crippen molar-refractivity contribution in [3.8, 4) is 0 Å². The summed E-state index contributed by atoms with van der Waals surface area (Å²) in [6, 6.07) is 7.00. The third kappa shape index (κ3) is 3.71. The zero-order chi connectivity index (χ0) is 14.8. The molecule has 0 spiro atoms. The van der Waals surface area contributed by atoms with Crippen LogP contribution in [-0.4, -0.2) is 36.6 Å². The van der Waals surface area contributed by atoms with Gasteiger partial charge in [0.05, 0.1) is 5.75 Å². The Bertz CT molecular complexity index is 609. The number of hydrogen-bond donors (Lipinski definition) is 2. The Labute approximate surface area is 118 Å². The van der Waals surface area contributed by atoms with E-state index in [9.17, 15) is 8.42 Å². The number of benzene rings is 1. The number of nitrogens with zero attached hydrogens (tertiary/aromatic N) is 2. The molecule has 0 radical (unpaired) electrons. The topological polar surface area (TPSA) is 96.0 Å². The smallest absolute Gasteiger partial charge is 0.214 e. The first-order valence-corrected chi connectivity index (χ1v) is 8.04. The number of hydrogen-bond acceptors (Lipinski definition) is 4. The molecule has 0 heterocycles. The molecule has 20 heavy (non-hydrogen) atoms. The first-order chi connectivity index (χ1) is 9.42. The van der Waals surface area contributed by atoms with Crippen LogP contribution < -0.4 is 5.73 Å². The molecule has 0 amide bonds. The molecule has 1 fully saturated rings. The van der Waals surface area contributed by atoms with Gasteiger partial charge in [0.15, 0.2) is 5.84 Å². The third-order valence-electron chi connectivity index (χ3n) is 3.35. The molecule has 110 valence electrons. The van der Waals surface area contributed by atoms with Crippen LogP contribution in [0.5, 0.6) is 0 Å². The number of rotatable bonds is 6. The van der Waals surface area contributed by atoms with Crippen LogP contribution in [0.1, 0.15) is 24.0 Å². The molecular weight excluding hydrogens is 278 g/mol. The van der Waals surface area contributed by atoms with Crippen molar-refractivity contribution in [3.63, 3.8) is 0 Å². The van der Waals surface area contributed by atoms with Crippen molar-refractivity contribution < 1.29 is 13.6 Å². The minimum Gasteiger partial charge on any atom is -0.409 e. The predicted octanol–water partition coefficient (Wildman–Crippen LogP) is 0.953. The molecule has 1 aromatic rings. The van der Waals surface area contributed by atoms with E-state index in [-0.39, 0.29) is 18.1 Å². The van der Waals surface area contributed by atoms with Crippen LogP contribution >= 0.6 is 0 Å². The Balaban J connectivity index is 2.09. The molecule has 7 heteroatoms. The standard InChI is InChI=1S/C13H19N3O3S/c1-16(20(18,19)9-10-5-6-10)8-11-3-2-4-12(7-11)13(14)15-17/h2-4,7,10,17H,5-6,8-9H2,1H3,(H2,14,15). The molecule has 2 rings (SSSR count). The highest BCUT2D eigenvalue weighted by molar-refractivity contribution is 7.89. The highest BCUT2D eigenvalue weighted by Crippen LogP contribution is 2.31. The van der Waals surface area contributed by atoms with Crippen molar-refractivity contribution in [3.05, 3.63) is 35.4 Å². The molecular formula is C13H19N3O3S. The van der Waals surface area contributed by atoms with Gasteiger partial charge in [-0.2, -0.15) is 0 Å². The average Bonchev–Trinajstić information content (AvgIpc) is 3.21.